The summed E-state index contributed by atoms with van der Waals surface area (Å²) in [6.45, 7) is 24.9. The van der Waals surface area contributed by atoms with Crippen molar-refractivity contribution >= 4 is 68.1 Å². The quantitative estimate of drug-likeness (QED) is 0.0283. The van der Waals surface area contributed by atoms with Crippen LogP contribution in [0.2, 0.25) is 0 Å². The Bertz CT molecular complexity index is 3970. The number of nitrogens with zero attached hydrogens (tertiary/aromatic N) is 5. The highest BCUT2D eigenvalue weighted by Gasteiger charge is 2.33. The van der Waals surface area contributed by atoms with Gasteiger partial charge in [-0.25, -0.2) is 14.4 Å². The third kappa shape index (κ3) is 18.1. The van der Waals surface area contributed by atoms with Gasteiger partial charge in [0.2, 0.25) is 0 Å². The van der Waals surface area contributed by atoms with Gasteiger partial charge < -0.3 is 55.2 Å². The van der Waals surface area contributed by atoms with Crippen LogP contribution in [0.5, 0.6) is 17.2 Å². The molecule has 6 amide bonds. The maximum atomic E-state index is 12.0. The fraction of sp³-hybridized carbons (Fsp3) is 0.368. The Morgan fingerprint density at radius 1 is 0.495 bits per heavy atom. The Labute approximate surface area is 549 Å². The number of unbranched alkanes of at least 4 members (excludes halogenated alkanes) is 4. The topological polar surface area (TPSA) is 232 Å². The smallest absolute Gasteiger partial charge is 0.319 e. The second-order valence-electron chi connectivity index (χ2n) is 22.9. The lowest BCUT2D eigenvalue weighted by atomic mass is 9.86. The maximum Gasteiger partial charge on any atom is 0.319 e. The number of urea groups is 3. The van der Waals surface area contributed by atoms with E-state index >= 15 is 0 Å². The molecule has 1 atom stereocenters. The molecular formula is C76H91N11O6. The number of carbonyl (C=O) groups excluding carboxylic acids is 3. The molecule has 1 unspecified atom stereocenters. The molecule has 1 aliphatic rings. The number of carbonyl (C=O) groups is 3. The van der Waals surface area contributed by atoms with E-state index in [1.165, 1.54) is 5.56 Å². The number of nitrogens with one attached hydrogen (secondary N) is 6. The van der Waals surface area contributed by atoms with Gasteiger partial charge in [-0.1, -0.05) is 96.2 Å². The van der Waals surface area contributed by atoms with Crippen LogP contribution in [0.15, 0.2) is 127 Å². The van der Waals surface area contributed by atoms with Gasteiger partial charge in [0.15, 0.2) is 0 Å². The van der Waals surface area contributed by atoms with Crippen LogP contribution in [-0.2, 0) is 13.1 Å². The lowest BCUT2D eigenvalue weighted by Crippen LogP contribution is -2.34. The molecule has 0 bridgehead atoms. The molecule has 2 aromatic heterocycles. The summed E-state index contributed by atoms with van der Waals surface area (Å²) in [6, 6.07) is 47.6. The summed E-state index contributed by atoms with van der Waals surface area (Å²) in [6.07, 6.45) is 9.29. The van der Waals surface area contributed by atoms with Crippen LogP contribution in [0.4, 0.5) is 31.4 Å². The minimum absolute atomic E-state index is 0.0633. The fourth-order valence-corrected chi connectivity index (χ4v) is 11.5. The minimum Gasteiger partial charge on any atom is -0.494 e. The van der Waals surface area contributed by atoms with E-state index in [1.807, 2.05) is 163 Å². The van der Waals surface area contributed by atoms with Gasteiger partial charge in [-0.2, -0.15) is 15.8 Å². The van der Waals surface area contributed by atoms with Crippen molar-refractivity contribution in [2.45, 2.75) is 152 Å². The first-order valence-corrected chi connectivity index (χ1v) is 33.0. The van der Waals surface area contributed by atoms with Crippen LogP contribution < -0.4 is 46.1 Å². The molecular weight excluding hydrogens is 1160 g/mol. The predicted molar refractivity (Wildman–Crippen MR) is 377 cm³/mol. The number of aryl methyl sites for hydroxylation is 2. The molecule has 2 heterocycles. The first-order chi connectivity index (χ1) is 45.2. The van der Waals surface area contributed by atoms with Crippen LogP contribution in [0.1, 0.15) is 161 Å². The SMILES string of the molecule is CCCCC1C(c2ccc(NC(=O)NCC)cc2)=C(C#N)c2ccc(OCC)cc21.CCCCNC(=O)Nc1ccc(-c2c(C#N)c3ccc(OCC)cc3n2CCCC)cc1.CCCCn1c(-c2ccc(NC(=O)NC(C)C)cc2)c(C#N)c2ccc(OCC)cc21. The zero-order chi connectivity index (χ0) is 66.8. The number of benzene rings is 6. The largest absolute Gasteiger partial charge is 0.494 e. The van der Waals surface area contributed by atoms with Crippen LogP contribution in [0, 0.1) is 34.0 Å². The molecule has 6 N–H and O–H groups in total. The van der Waals surface area contributed by atoms with E-state index in [2.05, 4.69) is 93.0 Å². The van der Waals surface area contributed by atoms with E-state index in [-0.39, 0.29) is 30.1 Å². The van der Waals surface area contributed by atoms with Gasteiger partial charge in [0.1, 0.15) is 35.5 Å². The lowest BCUT2D eigenvalue weighted by molar-refractivity contribution is 0.249. The van der Waals surface area contributed by atoms with Gasteiger partial charge in [0, 0.05) is 78.1 Å². The second-order valence-corrected chi connectivity index (χ2v) is 22.9. The molecule has 9 rings (SSSR count). The van der Waals surface area contributed by atoms with Crippen molar-refractivity contribution in [1.29, 1.82) is 15.8 Å². The van der Waals surface area contributed by atoms with Gasteiger partial charge in [0.05, 0.1) is 58.9 Å². The number of allylic oxidation sites excluding steroid dienone is 2. The van der Waals surface area contributed by atoms with E-state index in [9.17, 15) is 30.2 Å². The number of hydrogen-bond donors (Lipinski definition) is 6. The van der Waals surface area contributed by atoms with E-state index < -0.39 is 0 Å². The molecule has 0 aliphatic heterocycles. The molecule has 0 radical (unpaired) electrons. The monoisotopic (exact) mass is 1250 g/mol. The van der Waals surface area contributed by atoms with Gasteiger partial charge in [-0.3, -0.25) is 0 Å². The zero-order valence-electron chi connectivity index (χ0n) is 55.8. The molecule has 93 heavy (non-hydrogen) atoms. The molecule has 486 valence electrons. The molecule has 0 spiro atoms. The van der Waals surface area contributed by atoms with E-state index in [1.54, 1.807) is 0 Å². The summed E-state index contributed by atoms with van der Waals surface area (Å²) < 4.78 is 21.6. The Hall–Kier alpha value is -10.2. The van der Waals surface area contributed by atoms with Crippen molar-refractivity contribution < 1.29 is 28.6 Å². The van der Waals surface area contributed by atoms with Crippen molar-refractivity contribution in [3.63, 3.8) is 0 Å². The summed E-state index contributed by atoms with van der Waals surface area (Å²) in [5.74, 6) is 2.62. The molecule has 6 aromatic carbocycles. The van der Waals surface area contributed by atoms with E-state index in [0.29, 0.717) is 49.7 Å². The molecule has 8 aromatic rings. The molecule has 0 fully saturated rings. The average molecular weight is 1250 g/mol. The summed E-state index contributed by atoms with van der Waals surface area (Å²) >= 11 is 0. The van der Waals surface area contributed by atoms with Crippen molar-refractivity contribution in [3.05, 3.63) is 155 Å². The van der Waals surface area contributed by atoms with E-state index in [0.717, 1.165) is 166 Å². The van der Waals surface area contributed by atoms with Crippen molar-refractivity contribution in [2.75, 3.05) is 48.9 Å². The highest BCUT2D eigenvalue weighted by Crippen LogP contribution is 2.50. The number of fused-ring (bicyclic) bond motifs is 3. The number of rotatable bonds is 26. The number of aromatic nitrogens is 2. The summed E-state index contributed by atoms with van der Waals surface area (Å²) in [7, 11) is 0. The number of ether oxygens (including phenoxy) is 3. The average Bonchev–Trinajstić information content (AvgIpc) is 1.63. The summed E-state index contributed by atoms with van der Waals surface area (Å²) in [5.41, 5.74) is 14.2. The van der Waals surface area contributed by atoms with Crippen LogP contribution >= 0.6 is 0 Å². The molecule has 17 nitrogen and oxygen atoms in total. The lowest BCUT2D eigenvalue weighted by Gasteiger charge is -2.18. The fourth-order valence-electron chi connectivity index (χ4n) is 11.5. The first-order valence-electron chi connectivity index (χ1n) is 33.0. The molecule has 0 saturated carbocycles. The molecule has 17 heteroatoms. The van der Waals surface area contributed by atoms with Crippen LogP contribution in [0.25, 0.3) is 55.5 Å². The third-order valence-electron chi connectivity index (χ3n) is 15.8. The highest BCUT2D eigenvalue weighted by molar-refractivity contribution is 6.05. The van der Waals surface area contributed by atoms with Crippen LogP contribution in [0.3, 0.4) is 0 Å². The highest BCUT2D eigenvalue weighted by atomic mass is 16.5. The van der Waals surface area contributed by atoms with Gasteiger partial charge in [-0.15, -0.1) is 0 Å². The summed E-state index contributed by atoms with van der Waals surface area (Å²) in [4.78, 5) is 35.8. The first kappa shape index (κ1) is 70.3. The van der Waals surface area contributed by atoms with Crippen molar-refractivity contribution in [3.8, 4) is 58.0 Å². The van der Waals surface area contributed by atoms with Crippen molar-refractivity contribution in [2.24, 2.45) is 0 Å². The Balaban J connectivity index is 0.000000198. The predicted octanol–water partition coefficient (Wildman–Crippen LogP) is 18.2. The zero-order valence-corrected chi connectivity index (χ0v) is 55.8. The van der Waals surface area contributed by atoms with Crippen molar-refractivity contribution in [1.82, 2.24) is 25.1 Å². The van der Waals surface area contributed by atoms with E-state index in [4.69, 9.17) is 14.2 Å². The number of amides is 6. The minimum atomic E-state index is -0.235. The Morgan fingerprint density at radius 3 is 1.34 bits per heavy atom. The molecule has 1 aliphatic carbocycles. The number of anilines is 3. The number of hydrogen-bond acceptors (Lipinski definition) is 9. The normalized spacial score (nSPS) is 12.1. The summed E-state index contributed by atoms with van der Waals surface area (Å²) in [5, 5.41) is 48.8. The van der Waals surface area contributed by atoms with Crippen LogP contribution in [-0.4, -0.2) is 66.2 Å². The Kier molecular flexibility index (Phi) is 26.8. The second kappa shape index (κ2) is 35.4. The van der Waals surface area contributed by atoms with Gasteiger partial charge in [0.25, 0.3) is 0 Å². The Morgan fingerprint density at radius 2 is 0.925 bits per heavy atom. The van der Waals surface area contributed by atoms with Gasteiger partial charge in [-0.05, 0) is 179 Å². The standard InChI is InChI=1S/C26H32N4O2.C25H30N4O2.C25H29N3O2/c1-4-7-15-28-26(31)29-20-11-9-19(10-12-20)25-23(18-27)22-14-13-21(32-6-3)17-24(22)30(25)16-8-5-2;1-5-7-14-29-23-15-20(31-6-2)12-13-21(23)22(16-26)24(29)18-8-10-19(11-9-18)28-25(30)27-17(3)4;1-4-7-8-21-22-15-19(30-6-3)13-14-20(22)23(16-26)24(21)17-9-11-18(12-10-17)28-25(29)27-5-2/h9-14,17H,4-8,15-16H2,1-3H3,(H2,28,29,31);8-13,15,17H,5-7,14H2,1-4H3,(H2,27,28,30);9-15,21H,4-8H2,1-3H3,(H2,27,28,29). The third-order valence-corrected chi connectivity index (χ3v) is 15.8. The maximum absolute atomic E-state index is 12.0. The number of nitriles is 3. The molecule has 0 saturated heterocycles. The van der Waals surface area contributed by atoms with Gasteiger partial charge >= 0.3 is 18.1 Å².